The van der Waals surface area contributed by atoms with Crippen LogP contribution in [0.4, 0.5) is 0 Å². The Balaban J connectivity index is 2.24. The van der Waals surface area contributed by atoms with Crippen molar-refractivity contribution in [3.05, 3.63) is 33.8 Å². The van der Waals surface area contributed by atoms with Crippen LogP contribution >= 0.6 is 15.9 Å². The molecule has 1 aliphatic rings. The van der Waals surface area contributed by atoms with Gasteiger partial charge in [0.15, 0.2) is 0 Å². The molecule has 3 N–H and O–H groups in total. The molecule has 1 fully saturated rings. The summed E-state index contributed by atoms with van der Waals surface area (Å²) in [6, 6.07) is 5.83. The number of likely N-dealkylation sites (N-methyl/N-ethyl adjacent to an activating group) is 1. The number of likely N-dealkylation sites (tertiary alicyclic amines) is 1. The van der Waals surface area contributed by atoms with E-state index in [0.29, 0.717) is 5.92 Å². The van der Waals surface area contributed by atoms with E-state index in [4.69, 9.17) is 10.8 Å². The molecule has 1 saturated heterocycles. The van der Waals surface area contributed by atoms with Crippen LogP contribution < -0.4 is 5.73 Å². The van der Waals surface area contributed by atoms with Gasteiger partial charge in [-0.25, -0.2) is 0 Å². The van der Waals surface area contributed by atoms with Gasteiger partial charge in [-0.15, -0.1) is 0 Å². The van der Waals surface area contributed by atoms with E-state index in [0.717, 1.165) is 29.5 Å². The summed E-state index contributed by atoms with van der Waals surface area (Å²) in [5.74, 6) is -0.978. The monoisotopic (exact) mass is 326 g/mol. The molecule has 2 unspecified atom stereocenters. The van der Waals surface area contributed by atoms with Crippen molar-refractivity contribution in [2.45, 2.75) is 18.3 Å². The van der Waals surface area contributed by atoms with Crippen molar-refractivity contribution in [3.63, 3.8) is 0 Å². The summed E-state index contributed by atoms with van der Waals surface area (Å²) in [6.45, 7) is 2.28. The number of halogens is 1. The van der Waals surface area contributed by atoms with E-state index in [2.05, 4.69) is 27.9 Å². The Kier molecular flexibility index (Phi) is 4.60. The lowest BCUT2D eigenvalue weighted by Gasteiger charge is -2.16. The van der Waals surface area contributed by atoms with Gasteiger partial charge in [0, 0.05) is 17.6 Å². The third-order valence-electron chi connectivity index (χ3n) is 3.79. The molecule has 0 saturated carbocycles. The highest BCUT2D eigenvalue weighted by Crippen LogP contribution is 2.33. The quantitative estimate of drug-likeness (QED) is 0.888. The molecule has 19 heavy (non-hydrogen) atoms. The van der Waals surface area contributed by atoms with Crippen molar-refractivity contribution >= 4 is 21.9 Å². The van der Waals surface area contributed by atoms with E-state index in [1.807, 2.05) is 18.2 Å². The molecule has 4 nitrogen and oxygen atoms in total. The minimum absolute atomic E-state index is 0.118. The van der Waals surface area contributed by atoms with Gasteiger partial charge in [0.05, 0.1) is 5.92 Å². The molecule has 1 aromatic carbocycles. The second-order valence-electron chi connectivity index (χ2n) is 5.16. The molecule has 1 aromatic rings. The Morgan fingerprint density at radius 3 is 2.84 bits per heavy atom. The van der Waals surface area contributed by atoms with E-state index in [-0.39, 0.29) is 6.54 Å². The van der Waals surface area contributed by atoms with Crippen LogP contribution in [0, 0.1) is 0 Å². The summed E-state index contributed by atoms with van der Waals surface area (Å²) in [7, 11) is 2.12. The topological polar surface area (TPSA) is 66.6 Å². The second-order valence-corrected chi connectivity index (χ2v) is 6.01. The molecule has 2 atom stereocenters. The largest absolute Gasteiger partial charge is 0.481 e. The summed E-state index contributed by atoms with van der Waals surface area (Å²) in [6.07, 6.45) is 1.15. The maximum absolute atomic E-state index is 11.1. The van der Waals surface area contributed by atoms with Gasteiger partial charge in [-0.05, 0) is 43.1 Å². The van der Waals surface area contributed by atoms with Gasteiger partial charge in [-0.1, -0.05) is 28.1 Å². The summed E-state index contributed by atoms with van der Waals surface area (Å²) >= 11 is 3.57. The van der Waals surface area contributed by atoms with Gasteiger partial charge in [0.1, 0.15) is 0 Å². The number of rotatable bonds is 4. The zero-order valence-corrected chi connectivity index (χ0v) is 12.6. The zero-order chi connectivity index (χ0) is 14.0. The van der Waals surface area contributed by atoms with Crippen molar-refractivity contribution in [1.29, 1.82) is 0 Å². The fraction of sp³-hybridized carbons (Fsp3) is 0.500. The number of nitrogens with zero attached hydrogens (tertiary/aromatic N) is 1. The van der Waals surface area contributed by atoms with Crippen LogP contribution in [-0.2, 0) is 4.79 Å². The number of benzene rings is 1. The molecule has 1 heterocycles. The first-order valence-corrected chi connectivity index (χ1v) is 7.23. The molecule has 0 radical (unpaired) electrons. The molecule has 0 amide bonds. The highest BCUT2D eigenvalue weighted by Gasteiger charge is 2.24. The van der Waals surface area contributed by atoms with Crippen LogP contribution in [0.5, 0.6) is 0 Å². The standard InChI is InChI=1S/C14H19BrN2O2/c1-17-5-4-10(8-17)11-3-2-9(6-13(11)15)12(7-16)14(18)19/h2-3,6,10,12H,4-5,7-8,16H2,1H3,(H,18,19). The van der Waals surface area contributed by atoms with Crippen molar-refractivity contribution in [2.24, 2.45) is 5.73 Å². The molecule has 0 aliphatic carbocycles. The SMILES string of the molecule is CN1CCC(c2ccc(C(CN)C(=O)O)cc2Br)C1. The van der Waals surface area contributed by atoms with Crippen LogP contribution in [0.2, 0.25) is 0 Å². The zero-order valence-electron chi connectivity index (χ0n) is 11.0. The molecular weight excluding hydrogens is 308 g/mol. The van der Waals surface area contributed by atoms with Crippen LogP contribution in [0.1, 0.15) is 29.4 Å². The van der Waals surface area contributed by atoms with E-state index < -0.39 is 11.9 Å². The Morgan fingerprint density at radius 2 is 2.37 bits per heavy atom. The average molecular weight is 327 g/mol. The molecular formula is C14H19BrN2O2. The molecule has 0 aromatic heterocycles. The average Bonchev–Trinajstić information content (AvgIpc) is 2.76. The number of carboxylic acids is 1. The minimum Gasteiger partial charge on any atom is -0.481 e. The number of hydrogen-bond donors (Lipinski definition) is 2. The number of nitrogens with two attached hydrogens (primary N) is 1. The predicted molar refractivity (Wildman–Crippen MR) is 78.4 cm³/mol. The van der Waals surface area contributed by atoms with Gasteiger partial charge >= 0.3 is 5.97 Å². The first-order valence-electron chi connectivity index (χ1n) is 6.43. The third kappa shape index (κ3) is 3.16. The molecule has 2 rings (SSSR count). The Hall–Kier alpha value is -0.910. The fourth-order valence-corrected chi connectivity index (χ4v) is 3.38. The number of hydrogen-bond acceptors (Lipinski definition) is 3. The smallest absolute Gasteiger partial charge is 0.312 e. The first kappa shape index (κ1) is 14.5. The van der Waals surface area contributed by atoms with Crippen molar-refractivity contribution in [2.75, 3.05) is 26.7 Å². The van der Waals surface area contributed by atoms with Crippen molar-refractivity contribution in [1.82, 2.24) is 4.90 Å². The molecule has 0 bridgehead atoms. The summed E-state index contributed by atoms with van der Waals surface area (Å²) in [5.41, 5.74) is 7.55. The fourth-order valence-electron chi connectivity index (χ4n) is 2.66. The van der Waals surface area contributed by atoms with E-state index in [1.54, 1.807) is 0 Å². The number of aliphatic carboxylic acids is 1. The summed E-state index contributed by atoms with van der Waals surface area (Å²) < 4.78 is 0.991. The van der Waals surface area contributed by atoms with Gasteiger partial charge in [0.2, 0.25) is 0 Å². The predicted octanol–water partition coefficient (Wildman–Crippen LogP) is 2.00. The van der Waals surface area contributed by atoms with Crippen LogP contribution in [0.15, 0.2) is 22.7 Å². The third-order valence-corrected chi connectivity index (χ3v) is 4.48. The normalized spacial score (nSPS) is 21.5. The molecule has 5 heteroatoms. The van der Waals surface area contributed by atoms with Crippen LogP contribution in [0.25, 0.3) is 0 Å². The van der Waals surface area contributed by atoms with E-state index in [1.165, 1.54) is 5.56 Å². The van der Waals surface area contributed by atoms with Crippen LogP contribution in [-0.4, -0.2) is 42.7 Å². The van der Waals surface area contributed by atoms with Gasteiger partial charge in [-0.2, -0.15) is 0 Å². The van der Waals surface area contributed by atoms with E-state index >= 15 is 0 Å². The molecule has 104 valence electrons. The maximum Gasteiger partial charge on any atom is 0.312 e. The van der Waals surface area contributed by atoms with Crippen LogP contribution in [0.3, 0.4) is 0 Å². The van der Waals surface area contributed by atoms with E-state index in [9.17, 15) is 4.79 Å². The van der Waals surface area contributed by atoms with Gasteiger partial charge in [0.25, 0.3) is 0 Å². The molecule has 0 spiro atoms. The Morgan fingerprint density at radius 1 is 1.63 bits per heavy atom. The minimum atomic E-state index is -0.872. The Bertz CT molecular complexity index is 479. The Labute approximate surface area is 121 Å². The highest BCUT2D eigenvalue weighted by atomic mass is 79.9. The highest BCUT2D eigenvalue weighted by molar-refractivity contribution is 9.10. The summed E-state index contributed by atoms with van der Waals surface area (Å²) in [5, 5.41) is 9.13. The lowest BCUT2D eigenvalue weighted by molar-refractivity contribution is -0.138. The first-order chi connectivity index (χ1) is 9.02. The second kappa shape index (κ2) is 6.03. The summed E-state index contributed by atoms with van der Waals surface area (Å²) in [4.78, 5) is 13.4. The lowest BCUT2D eigenvalue weighted by Crippen LogP contribution is -2.21. The number of carboxylic acid groups (broad SMARTS) is 1. The van der Waals surface area contributed by atoms with Crippen molar-refractivity contribution in [3.8, 4) is 0 Å². The number of carbonyl (C=O) groups is 1. The molecule has 1 aliphatic heterocycles. The van der Waals surface area contributed by atoms with Gasteiger partial charge < -0.3 is 15.7 Å². The maximum atomic E-state index is 11.1. The van der Waals surface area contributed by atoms with Crippen molar-refractivity contribution < 1.29 is 9.90 Å². The van der Waals surface area contributed by atoms with Gasteiger partial charge in [-0.3, -0.25) is 4.79 Å². The lowest BCUT2D eigenvalue weighted by atomic mass is 9.93.